The molecule has 1 aliphatic heterocycles. The highest BCUT2D eigenvalue weighted by molar-refractivity contribution is 5.80. The number of methoxy groups -OCH3 is 2. The minimum absolute atomic E-state index is 0.0426. The van der Waals surface area contributed by atoms with E-state index < -0.39 is 0 Å². The Morgan fingerprint density at radius 3 is 2.78 bits per heavy atom. The maximum atomic E-state index is 11.7. The molecule has 190 valence electrons. The highest BCUT2D eigenvalue weighted by Crippen LogP contribution is 2.43. The van der Waals surface area contributed by atoms with Gasteiger partial charge < -0.3 is 19.5 Å². The fourth-order valence-corrected chi connectivity index (χ4v) is 5.22. The van der Waals surface area contributed by atoms with Gasteiger partial charge in [-0.3, -0.25) is 9.36 Å². The minimum atomic E-state index is -0.214. The van der Waals surface area contributed by atoms with Crippen molar-refractivity contribution in [3.8, 4) is 17.2 Å². The quantitative estimate of drug-likeness (QED) is 0.307. The second kappa shape index (κ2) is 9.47. The normalized spacial score (nSPS) is 16.4. The summed E-state index contributed by atoms with van der Waals surface area (Å²) in [5.74, 6) is 3.13. The first-order chi connectivity index (χ1) is 18.1. The minimum Gasteiger partial charge on any atom is -0.497 e. The van der Waals surface area contributed by atoms with E-state index >= 15 is 0 Å². The lowest BCUT2D eigenvalue weighted by atomic mass is 9.97. The van der Waals surface area contributed by atoms with E-state index in [4.69, 9.17) is 19.2 Å². The number of esters is 1. The first-order valence-electron chi connectivity index (χ1n) is 12.8. The van der Waals surface area contributed by atoms with Crippen LogP contribution in [-0.2, 0) is 16.1 Å². The number of ether oxygens (including phenoxy) is 3. The molecule has 0 spiro atoms. The number of imidazole rings is 1. The summed E-state index contributed by atoms with van der Waals surface area (Å²) in [6.45, 7) is 3.37. The number of carbonyl (C=O) groups excluding carboxylic acids is 1. The van der Waals surface area contributed by atoms with Crippen molar-refractivity contribution in [3.05, 3.63) is 77.1 Å². The molecule has 7 nitrogen and oxygen atoms in total. The number of rotatable bonds is 8. The number of nitrogens with one attached hydrogen (secondary N) is 1. The number of carbonyl (C=O) groups is 1. The summed E-state index contributed by atoms with van der Waals surface area (Å²) < 4.78 is 18.5. The Bertz CT molecular complexity index is 1490. The first kappa shape index (κ1) is 23.4. The summed E-state index contributed by atoms with van der Waals surface area (Å²) in [5, 5.41) is 3.56. The van der Waals surface area contributed by atoms with Crippen molar-refractivity contribution in [2.45, 2.75) is 44.6 Å². The van der Waals surface area contributed by atoms with Gasteiger partial charge in [0.25, 0.3) is 0 Å². The molecule has 2 aliphatic rings. The standard InChI is InChI=1S/C30H31N3O4/c1-18-20(16-31-22-9-11-24-21(13-29(34)36-3)17-37-28(24)14-22)5-4-6-26(18)33-27-12-10-23(35-2)15-25(27)32-30(33)19-7-8-19/h4-6,9-12,14-15,19,21,31H,7-8,13,16-17H2,1-3H3/t21-/m1/s1. The number of nitrogens with zero attached hydrogens (tertiary/aromatic N) is 2. The van der Waals surface area contributed by atoms with Crippen LogP contribution < -0.4 is 14.8 Å². The van der Waals surface area contributed by atoms with Gasteiger partial charge in [-0.1, -0.05) is 18.2 Å². The largest absolute Gasteiger partial charge is 0.497 e. The summed E-state index contributed by atoms with van der Waals surface area (Å²) in [6.07, 6.45) is 2.70. The zero-order chi connectivity index (χ0) is 25.5. The molecule has 2 heterocycles. The van der Waals surface area contributed by atoms with Crippen LogP contribution in [0.2, 0.25) is 0 Å². The van der Waals surface area contributed by atoms with E-state index in [0.717, 1.165) is 45.3 Å². The molecule has 1 aromatic heterocycles. The molecule has 0 bridgehead atoms. The van der Waals surface area contributed by atoms with Crippen LogP contribution in [0.4, 0.5) is 5.69 Å². The molecule has 37 heavy (non-hydrogen) atoms. The number of hydrogen-bond acceptors (Lipinski definition) is 6. The summed E-state index contributed by atoms with van der Waals surface area (Å²) >= 11 is 0. The molecule has 1 fully saturated rings. The van der Waals surface area contributed by atoms with Gasteiger partial charge >= 0.3 is 5.97 Å². The molecule has 0 unspecified atom stereocenters. The number of anilines is 1. The van der Waals surface area contributed by atoms with Crippen LogP contribution >= 0.6 is 0 Å². The van der Waals surface area contributed by atoms with Crippen LogP contribution in [0.25, 0.3) is 16.7 Å². The molecule has 1 saturated carbocycles. The van der Waals surface area contributed by atoms with E-state index in [1.165, 1.54) is 31.1 Å². The fourth-order valence-electron chi connectivity index (χ4n) is 5.22. The van der Waals surface area contributed by atoms with Crippen LogP contribution in [0.5, 0.6) is 11.5 Å². The molecule has 4 aromatic rings. The van der Waals surface area contributed by atoms with Crippen molar-refractivity contribution < 1.29 is 19.0 Å². The number of fused-ring (bicyclic) bond motifs is 2. The van der Waals surface area contributed by atoms with Gasteiger partial charge in [-0.15, -0.1) is 0 Å². The molecule has 0 amide bonds. The second-order valence-corrected chi connectivity index (χ2v) is 9.89. The van der Waals surface area contributed by atoms with Crippen molar-refractivity contribution in [2.75, 3.05) is 26.1 Å². The van der Waals surface area contributed by atoms with Crippen molar-refractivity contribution in [1.82, 2.24) is 9.55 Å². The maximum Gasteiger partial charge on any atom is 0.306 e. The SMILES string of the molecule is COC(=O)C[C@@H]1COc2cc(NCc3cccc(-n4c(C5CC5)nc5cc(OC)ccc54)c3C)ccc21. The molecule has 1 N–H and O–H groups in total. The summed E-state index contributed by atoms with van der Waals surface area (Å²) in [4.78, 5) is 16.7. The van der Waals surface area contributed by atoms with Crippen LogP contribution in [0.15, 0.2) is 54.6 Å². The van der Waals surface area contributed by atoms with E-state index in [1.54, 1.807) is 7.11 Å². The highest BCUT2D eigenvalue weighted by atomic mass is 16.5. The van der Waals surface area contributed by atoms with Crippen LogP contribution in [0.3, 0.4) is 0 Å². The molecule has 0 radical (unpaired) electrons. The van der Waals surface area contributed by atoms with E-state index in [0.29, 0.717) is 25.5 Å². The van der Waals surface area contributed by atoms with Gasteiger partial charge in [0, 0.05) is 41.8 Å². The van der Waals surface area contributed by atoms with Crippen LogP contribution in [-0.4, -0.2) is 36.3 Å². The Kier molecular flexibility index (Phi) is 5.99. The highest BCUT2D eigenvalue weighted by Gasteiger charge is 2.31. The molecule has 3 aromatic carbocycles. The maximum absolute atomic E-state index is 11.7. The molecule has 7 heteroatoms. The lowest BCUT2D eigenvalue weighted by Crippen LogP contribution is -2.09. The van der Waals surface area contributed by atoms with E-state index in [9.17, 15) is 4.79 Å². The average molecular weight is 498 g/mol. The Balaban J connectivity index is 1.26. The van der Waals surface area contributed by atoms with E-state index in [2.05, 4.69) is 53.2 Å². The third-order valence-corrected chi connectivity index (χ3v) is 7.51. The first-order valence-corrected chi connectivity index (χ1v) is 12.8. The van der Waals surface area contributed by atoms with Crippen LogP contribution in [0.1, 0.15) is 53.6 Å². The smallest absolute Gasteiger partial charge is 0.306 e. The molecule has 1 atom stereocenters. The lowest BCUT2D eigenvalue weighted by Gasteiger charge is -2.16. The predicted molar refractivity (Wildman–Crippen MR) is 143 cm³/mol. The Morgan fingerprint density at radius 1 is 1.14 bits per heavy atom. The van der Waals surface area contributed by atoms with Gasteiger partial charge in [0.05, 0.1) is 44.0 Å². The molecule has 0 saturated heterocycles. The van der Waals surface area contributed by atoms with Crippen molar-refractivity contribution >= 4 is 22.7 Å². The van der Waals surface area contributed by atoms with Gasteiger partial charge in [0.2, 0.25) is 0 Å². The van der Waals surface area contributed by atoms with Crippen molar-refractivity contribution in [3.63, 3.8) is 0 Å². The molecular weight excluding hydrogens is 466 g/mol. The summed E-state index contributed by atoms with van der Waals surface area (Å²) in [5.41, 5.74) is 7.73. The van der Waals surface area contributed by atoms with Crippen molar-refractivity contribution in [2.24, 2.45) is 0 Å². The van der Waals surface area contributed by atoms with Gasteiger partial charge in [-0.25, -0.2) is 4.98 Å². The van der Waals surface area contributed by atoms with E-state index in [-0.39, 0.29) is 11.9 Å². The van der Waals surface area contributed by atoms with Gasteiger partial charge in [0.1, 0.15) is 17.3 Å². The molecule has 6 rings (SSSR count). The van der Waals surface area contributed by atoms with E-state index in [1.807, 2.05) is 18.2 Å². The Hall–Kier alpha value is -4.00. The zero-order valence-corrected chi connectivity index (χ0v) is 21.4. The second-order valence-electron chi connectivity index (χ2n) is 9.89. The van der Waals surface area contributed by atoms with Crippen LogP contribution in [0, 0.1) is 6.92 Å². The third kappa shape index (κ3) is 4.39. The number of benzene rings is 3. The topological polar surface area (TPSA) is 74.6 Å². The van der Waals surface area contributed by atoms with Gasteiger partial charge in [0.15, 0.2) is 0 Å². The number of hydrogen-bond donors (Lipinski definition) is 1. The third-order valence-electron chi connectivity index (χ3n) is 7.51. The predicted octanol–water partition coefficient (Wildman–Crippen LogP) is 5.87. The van der Waals surface area contributed by atoms with Crippen molar-refractivity contribution in [1.29, 1.82) is 0 Å². The zero-order valence-electron chi connectivity index (χ0n) is 21.4. The summed E-state index contributed by atoms with van der Waals surface area (Å²) in [6, 6.07) is 18.7. The average Bonchev–Trinajstić information content (AvgIpc) is 3.60. The lowest BCUT2D eigenvalue weighted by molar-refractivity contribution is -0.141. The fraction of sp³-hybridized carbons (Fsp3) is 0.333. The molecule has 1 aliphatic carbocycles. The number of aromatic nitrogens is 2. The monoisotopic (exact) mass is 497 g/mol. The molecular formula is C30H31N3O4. The Morgan fingerprint density at radius 2 is 2.00 bits per heavy atom. The van der Waals surface area contributed by atoms with Gasteiger partial charge in [-0.2, -0.15) is 0 Å². The summed E-state index contributed by atoms with van der Waals surface area (Å²) in [7, 11) is 3.11. The Labute approximate surface area is 216 Å². The van der Waals surface area contributed by atoms with Gasteiger partial charge in [-0.05, 0) is 55.2 Å².